The van der Waals surface area contributed by atoms with Crippen LogP contribution in [-0.2, 0) is 27.4 Å². The van der Waals surface area contributed by atoms with Crippen LogP contribution in [0, 0.1) is 5.92 Å². The molecule has 1 heterocycles. The number of hydrogen-bond acceptors (Lipinski definition) is 6. The average molecular weight is 470 g/mol. The number of esters is 1. The number of carbonyl (C=O) groups is 2. The van der Waals surface area contributed by atoms with Crippen molar-refractivity contribution in [1.29, 1.82) is 0 Å². The molecular weight excluding hydrogens is 446 g/mol. The van der Waals surface area contributed by atoms with E-state index in [2.05, 4.69) is 12.2 Å². The van der Waals surface area contributed by atoms with Crippen molar-refractivity contribution in [3.8, 4) is 0 Å². The number of amides is 1. The van der Waals surface area contributed by atoms with Gasteiger partial charge in [-0.15, -0.1) is 11.3 Å². The average Bonchev–Trinajstić information content (AvgIpc) is 2.97. The molecule has 9 heteroatoms. The van der Waals surface area contributed by atoms with Crippen LogP contribution in [-0.4, -0.2) is 32.7 Å². The molecule has 3 rings (SSSR count). The van der Waals surface area contributed by atoms with Gasteiger partial charge in [-0.3, -0.25) is 4.79 Å². The first kappa shape index (κ1) is 22.8. The lowest BCUT2D eigenvalue weighted by Gasteiger charge is -2.19. The van der Waals surface area contributed by atoms with Crippen LogP contribution in [0.5, 0.6) is 0 Å². The van der Waals surface area contributed by atoms with Crippen molar-refractivity contribution in [3.05, 3.63) is 44.8 Å². The Balaban J connectivity index is 2.00. The third kappa shape index (κ3) is 4.87. The molecule has 0 spiro atoms. The fraction of sp³-hybridized carbons (Fsp3) is 0.429. The van der Waals surface area contributed by atoms with E-state index < -0.39 is 21.7 Å². The molecule has 0 saturated heterocycles. The lowest BCUT2D eigenvalue weighted by Crippen LogP contribution is -2.19. The number of ether oxygens (including phenoxy) is 1. The van der Waals surface area contributed by atoms with Gasteiger partial charge in [0.25, 0.3) is 5.91 Å². The van der Waals surface area contributed by atoms with Gasteiger partial charge in [0.05, 0.1) is 27.1 Å². The summed E-state index contributed by atoms with van der Waals surface area (Å²) >= 11 is 7.52. The molecule has 0 unspecified atom stereocenters. The second-order valence-corrected chi connectivity index (χ2v) is 11.4. The van der Waals surface area contributed by atoms with E-state index in [1.54, 1.807) is 13.8 Å². The van der Waals surface area contributed by atoms with Crippen LogP contribution in [0.3, 0.4) is 0 Å². The Labute approximate surface area is 185 Å². The Morgan fingerprint density at radius 1 is 1.30 bits per heavy atom. The zero-order chi connectivity index (χ0) is 22.2. The van der Waals surface area contributed by atoms with Gasteiger partial charge in [-0.25, -0.2) is 13.2 Å². The smallest absolute Gasteiger partial charge is 0.341 e. The highest BCUT2D eigenvalue weighted by Gasteiger charge is 2.30. The molecular formula is C21H24ClNO5S2. The quantitative estimate of drug-likeness (QED) is 0.638. The van der Waals surface area contributed by atoms with Gasteiger partial charge in [0.15, 0.2) is 9.84 Å². The lowest BCUT2D eigenvalue weighted by molar-refractivity contribution is 0.0378. The van der Waals surface area contributed by atoms with Crippen molar-refractivity contribution in [3.63, 3.8) is 0 Å². The second kappa shape index (κ2) is 8.69. The number of carbonyl (C=O) groups excluding carboxylic acids is 2. The summed E-state index contributed by atoms with van der Waals surface area (Å²) in [4.78, 5) is 26.8. The fourth-order valence-corrected chi connectivity index (χ4v) is 5.65. The maximum absolute atomic E-state index is 13.0. The van der Waals surface area contributed by atoms with E-state index in [4.69, 9.17) is 16.3 Å². The molecule has 1 aromatic heterocycles. The molecule has 1 N–H and O–H groups in total. The van der Waals surface area contributed by atoms with Crippen molar-refractivity contribution in [2.45, 2.75) is 51.0 Å². The molecule has 162 valence electrons. The minimum absolute atomic E-state index is 0.00390. The summed E-state index contributed by atoms with van der Waals surface area (Å²) in [5, 5.41) is 3.31. The third-order valence-electron chi connectivity index (χ3n) is 4.90. The van der Waals surface area contributed by atoms with Crippen molar-refractivity contribution in [1.82, 2.24) is 0 Å². The summed E-state index contributed by atoms with van der Waals surface area (Å²) in [5.74, 6) is -0.548. The van der Waals surface area contributed by atoms with Crippen LogP contribution in [0.15, 0.2) is 23.1 Å². The number of hydrogen-bond donors (Lipinski definition) is 1. The predicted molar refractivity (Wildman–Crippen MR) is 119 cm³/mol. The summed E-state index contributed by atoms with van der Waals surface area (Å²) in [6, 6.07) is 3.97. The molecule has 2 aromatic rings. The molecule has 6 nitrogen and oxygen atoms in total. The fourth-order valence-electron chi connectivity index (χ4n) is 3.41. The van der Waals surface area contributed by atoms with Crippen LogP contribution in [0.1, 0.15) is 58.3 Å². The van der Waals surface area contributed by atoms with Gasteiger partial charge < -0.3 is 10.1 Å². The van der Waals surface area contributed by atoms with Gasteiger partial charge >= 0.3 is 5.97 Å². The topological polar surface area (TPSA) is 89.5 Å². The largest absolute Gasteiger partial charge is 0.459 e. The molecule has 30 heavy (non-hydrogen) atoms. The summed E-state index contributed by atoms with van der Waals surface area (Å²) in [5.41, 5.74) is 1.34. The summed E-state index contributed by atoms with van der Waals surface area (Å²) < 4.78 is 29.1. The second-order valence-electron chi connectivity index (χ2n) is 7.88. The minimum atomic E-state index is -3.50. The van der Waals surface area contributed by atoms with E-state index in [0.717, 1.165) is 36.0 Å². The SMILES string of the molecule is CC(C)OC(=O)c1c(NC(=O)c2cc(S(C)(=O)=O)ccc2Cl)sc2c1CC[C@H](C)C2. The van der Waals surface area contributed by atoms with Crippen LogP contribution < -0.4 is 5.32 Å². The standard InChI is InChI=1S/C21H24ClNO5S2/c1-11(2)28-21(25)18-14-7-5-12(3)9-17(14)29-20(18)23-19(24)15-10-13(30(4,26)27)6-8-16(15)22/h6,8,10-12H,5,7,9H2,1-4H3,(H,23,24)/t12-/m0/s1. The van der Waals surface area contributed by atoms with Crippen LogP contribution in [0.2, 0.25) is 5.02 Å². The summed E-state index contributed by atoms with van der Waals surface area (Å²) in [6.07, 6.45) is 3.31. The Morgan fingerprint density at radius 2 is 2.00 bits per heavy atom. The van der Waals surface area contributed by atoms with E-state index in [-0.39, 0.29) is 21.6 Å². The van der Waals surface area contributed by atoms with Gasteiger partial charge in [0.2, 0.25) is 0 Å². The molecule has 0 fully saturated rings. The highest BCUT2D eigenvalue weighted by atomic mass is 35.5. The van der Waals surface area contributed by atoms with E-state index in [1.165, 1.54) is 29.5 Å². The van der Waals surface area contributed by atoms with Crippen molar-refractivity contribution in [2.75, 3.05) is 11.6 Å². The van der Waals surface area contributed by atoms with Crippen LogP contribution in [0.25, 0.3) is 0 Å². The number of thiophene rings is 1. The number of sulfone groups is 1. The zero-order valence-corrected chi connectivity index (χ0v) is 19.6. The van der Waals surface area contributed by atoms with Crippen molar-refractivity contribution >= 4 is 49.7 Å². The molecule has 1 aliphatic carbocycles. The monoisotopic (exact) mass is 469 g/mol. The Morgan fingerprint density at radius 3 is 2.63 bits per heavy atom. The van der Waals surface area contributed by atoms with Gasteiger partial charge in [0, 0.05) is 11.1 Å². The van der Waals surface area contributed by atoms with E-state index in [9.17, 15) is 18.0 Å². The molecule has 0 radical (unpaired) electrons. The molecule has 1 aliphatic rings. The van der Waals surface area contributed by atoms with Crippen molar-refractivity contribution in [2.24, 2.45) is 5.92 Å². The first-order valence-electron chi connectivity index (χ1n) is 9.63. The Hall–Kier alpha value is -1.90. The minimum Gasteiger partial charge on any atom is -0.459 e. The normalized spacial score (nSPS) is 16.3. The zero-order valence-electron chi connectivity index (χ0n) is 17.2. The lowest BCUT2D eigenvalue weighted by atomic mass is 9.88. The van der Waals surface area contributed by atoms with E-state index in [1.807, 2.05) is 0 Å². The van der Waals surface area contributed by atoms with E-state index in [0.29, 0.717) is 16.5 Å². The highest BCUT2D eigenvalue weighted by molar-refractivity contribution is 7.90. The highest BCUT2D eigenvalue weighted by Crippen LogP contribution is 2.40. The summed E-state index contributed by atoms with van der Waals surface area (Å²) in [6.45, 7) is 5.70. The van der Waals surface area contributed by atoms with Gasteiger partial charge in [-0.05, 0) is 62.8 Å². The predicted octanol–water partition coefficient (Wildman–Crippen LogP) is 4.75. The van der Waals surface area contributed by atoms with Crippen LogP contribution >= 0.6 is 22.9 Å². The number of anilines is 1. The van der Waals surface area contributed by atoms with Crippen molar-refractivity contribution < 1.29 is 22.7 Å². The first-order chi connectivity index (χ1) is 14.0. The molecule has 0 saturated carbocycles. The van der Waals surface area contributed by atoms with Crippen LogP contribution in [0.4, 0.5) is 5.00 Å². The maximum atomic E-state index is 13.0. The Kier molecular flexibility index (Phi) is 6.60. The maximum Gasteiger partial charge on any atom is 0.341 e. The number of benzene rings is 1. The molecule has 1 atom stereocenters. The third-order valence-corrected chi connectivity index (χ3v) is 7.51. The van der Waals surface area contributed by atoms with Gasteiger partial charge in [0.1, 0.15) is 5.00 Å². The molecule has 0 bridgehead atoms. The molecule has 1 amide bonds. The molecule has 0 aliphatic heterocycles. The number of nitrogens with one attached hydrogen (secondary N) is 1. The molecule has 1 aromatic carbocycles. The number of halogens is 1. The van der Waals surface area contributed by atoms with E-state index >= 15 is 0 Å². The Bertz CT molecular complexity index is 1100. The number of fused-ring (bicyclic) bond motifs is 1. The first-order valence-corrected chi connectivity index (χ1v) is 12.7. The van der Waals surface area contributed by atoms with Gasteiger partial charge in [-0.1, -0.05) is 18.5 Å². The van der Waals surface area contributed by atoms with Gasteiger partial charge in [-0.2, -0.15) is 0 Å². The number of rotatable bonds is 5. The summed E-state index contributed by atoms with van der Waals surface area (Å²) in [7, 11) is -3.50.